The van der Waals surface area contributed by atoms with Crippen LogP contribution in [0.5, 0.6) is 17.2 Å². The van der Waals surface area contributed by atoms with E-state index in [4.69, 9.17) is 14.2 Å². The molecule has 39 heavy (non-hydrogen) atoms. The van der Waals surface area contributed by atoms with E-state index in [1.807, 2.05) is 31.1 Å². The lowest BCUT2D eigenvalue weighted by molar-refractivity contribution is -0.139. The number of Topliss-reactive ketones (excluding diaryl/α,β-unsaturated/α-hetero) is 1. The molecular weight excluding hydrogens is 496 g/mol. The van der Waals surface area contributed by atoms with E-state index in [0.717, 1.165) is 32.2 Å². The minimum atomic E-state index is -0.768. The first-order valence-corrected chi connectivity index (χ1v) is 13.8. The number of benzene rings is 2. The van der Waals surface area contributed by atoms with Gasteiger partial charge in [0.2, 0.25) is 0 Å². The highest BCUT2D eigenvalue weighted by Crippen LogP contribution is 2.42. The van der Waals surface area contributed by atoms with Crippen LogP contribution in [-0.4, -0.2) is 74.1 Å². The number of hydrogen-bond donors (Lipinski definition) is 1. The van der Waals surface area contributed by atoms with Gasteiger partial charge in [0, 0.05) is 12.1 Å². The van der Waals surface area contributed by atoms with Crippen LogP contribution in [0.25, 0.3) is 5.76 Å². The zero-order valence-corrected chi connectivity index (χ0v) is 23.9. The van der Waals surface area contributed by atoms with Crippen molar-refractivity contribution < 1.29 is 28.9 Å². The highest BCUT2D eigenvalue weighted by atomic mass is 16.5. The molecule has 3 rings (SSSR count). The van der Waals surface area contributed by atoms with Crippen molar-refractivity contribution in [2.75, 3.05) is 47.5 Å². The summed E-state index contributed by atoms with van der Waals surface area (Å²) in [5, 5.41) is 11.5. The fourth-order valence-corrected chi connectivity index (χ4v) is 4.54. The molecule has 1 heterocycles. The number of likely N-dealkylation sites (tertiary alicyclic amines) is 1. The number of aliphatic hydroxyl groups is 1. The van der Waals surface area contributed by atoms with Gasteiger partial charge >= 0.3 is 0 Å². The maximum atomic E-state index is 13.4. The van der Waals surface area contributed by atoms with E-state index in [1.165, 1.54) is 0 Å². The van der Waals surface area contributed by atoms with Crippen LogP contribution in [0.4, 0.5) is 0 Å². The van der Waals surface area contributed by atoms with E-state index >= 15 is 0 Å². The summed E-state index contributed by atoms with van der Waals surface area (Å²) in [4.78, 5) is 30.3. The molecule has 1 N–H and O–H groups in total. The van der Waals surface area contributed by atoms with Crippen LogP contribution >= 0.6 is 0 Å². The van der Waals surface area contributed by atoms with Gasteiger partial charge in [-0.05, 0) is 69.7 Å². The second kappa shape index (κ2) is 14.6. The van der Waals surface area contributed by atoms with Crippen molar-refractivity contribution in [3.63, 3.8) is 0 Å². The number of ether oxygens (including phenoxy) is 3. The van der Waals surface area contributed by atoms with Gasteiger partial charge in [-0.2, -0.15) is 0 Å². The molecule has 2 aromatic carbocycles. The van der Waals surface area contributed by atoms with Gasteiger partial charge in [-0.1, -0.05) is 44.9 Å². The summed E-state index contributed by atoms with van der Waals surface area (Å²) < 4.78 is 17.3. The van der Waals surface area contributed by atoms with Gasteiger partial charge in [-0.15, -0.1) is 0 Å². The third-order valence-corrected chi connectivity index (χ3v) is 6.68. The normalized spacial score (nSPS) is 16.7. The highest BCUT2D eigenvalue weighted by Gasteiger charge is 2.46. The minimum Gasteiger partial charge on any atom is -0.507 e. The number of unbranched alkanes of at least 4 members (excludes halogenated alkanes) is 2. The second-order valence-electron chi connectivity index (χ2n) is 9.99. The highest BCUT2D eigenvalue weighted by molar-refractivity contribution is 6.46. The van der Waals surface area contributed by atoms with E-state index in [1.54, 1.807) is 42.3 Å². The SMILES string of the molecule is CCCCOc1cccc(C(O)=C2C(=O)C(=O)N(CCCN(C)C)C2c2ccc(OCCCC)c(OC)c2)c1. The molecule has 1 aliphatic heterocycles. The third kappa shape index (κ3) is 7.53. The summed E-state index contributed by atoms with van der Waals surface area (Å²) in [6.45, 7) is 6.41. The van der Waals surface area contributed by atoms with E-state index < -0.39 is 17.7 Å². The van der Waals surface area contributed by atoms with Gasteiger partial charge in [0.05, 0.1) is 31.9 Å². The summed E-state index contributed by atoms with van der Waals surface area (Å²) in [5.41, 5.74) is 1.14. The zero-order chi connectivity index (χ0) is 28.4. The van der Waals surface area contributed by atoms with Crippen LogP contribution in [0, 0.1) is 0 Å². The number of carbonyl (C=O) groups excluding carboxylic acids is 2. The maximum Gasteiger partial charge on any atom is 0.295 e. The van der Waals surface area contributed by atoms with Gasteiger partial charge in [-0.25, -0.2) is 0 Å². The molecule has 1 saturated heterocycles. The molecule has 2 aromatic rings. The van der Waals surface area contributed by atoms with Gasteiger partial charge in [-0.3, -0.25) is 9.59 Å². The molecule has 0 radical (unpaired) electrons. The largest absolute Gasteiger partial charge is 0.507 e. The standard InChI is InChI=1S/C31H42N2O6/c1-6-8-18-38-24-13-10-12-23(20-24)29(34)27-28(33(31(36)30(27)35)17-11-16-32(3)4)22-14-15-25(26(21-22)37-5)39-19-9-7-2/h10,12-15,20-21,28,34H,6-9,11,16-19H2,1-5H3. The molecule has 1 fully saturated rings. The summed E-state index contributed by atoms with van der Waals surface area (Å²) in [6.07, 6.45) is 4.51. The summed E-state index contributed by atoms with van der Waals surface area (Å²) in [6, 6.07) is 11.6. The first kappa shape index (κ1) is 30.0. The zero-order valence-electron chi connectivity index (χ0n) is 23.9. The van der Waals surface area contributed by atoms with E-state index in [-0.39, 0.29) is 11.3 Å². The Morgan fingerprint density at radius 3 is 2.33 bits per heavy atom. The van der Waals surface area contributed by atoms with E-state index in [9.17, 15) is 14.7 Å². The number of carbonyl (C=O) groups is 2. The van der Waals surface area contributed by atoms with Crippen molar-refractivity contribution in [2.45, 2.75) is 52.0 Å². The smallest absolute Gasteiger partial charge is 0.295 e. The topological polar surface area (TPSA) is 88.5 Å². The molecule has 1 unspecified atom stereocenters. The van der Waals surface area contributed by atoms with Gasteiger partial charge in [0.25, 0.3) is 11.7 Å². The molecule has 0 bridgehead atoms. The Bertz CT molecular complexity index is 1160. The van der Waals surface area contributed by atoms with E-state index in [0.29, 0.717) is 54.6 Å². The number of amides is 1. The van der Waals surface area contributed by atoms with Gasteiger partial charge < -0.3 is 29.1 Å². The predicted octanol–water partition coefficient (Wildman–Crippen LogP) is 5.43. The molecule has 0 spiro atoms. The number of nitrogens with zero attached hydrogens (tertiary/aromatic N) is 2. The number of rotatable bonds is 15. The fraction of sp³-hybridized carbons (Fsp3) is 0.484. The third-order valence-electron chi connectivity index (χ3n) is 6.68. The number of aliphatic hydroxyl groups excluding tert-OH is 1. The molecule has 1 aliphatic rings. The second-order valence-corrected chi connectivity index (χ2v) is 9.99. The first-order chi connectivity index (χ1) is 18.8. The van der Waals surface area contributed by atoms with Crippen molar-refractivity contribution in [3.05, 3.63) is 59.2 Å². The average Bonchev–Trinajstić information content (AvgIpc) is 3.18. The molecule has 0 aliphatic carbocycles. The molecule has 0 saturated carbocycles. The molecule has 1 amide bonds. The van der Waals surface area contributed by atoms with Gasteiger partial charge in [0.15, 0.2) is 11.5 Å². The quantitative estimate of drug-likeness (QED) is 0.140. The average molecular weight is 539 g/mol. The Morgan fingerprint density at radius 1 is 0.949 bits per heavy atom. The molecule has 1 atom stereocenters. The Hall–Kier alpha value is -3.52. The van der Waals surface area contributed by atoms with Crippen LogP contribution in [-0.2, 0) is 9.59 Å². The molecule has 8 nitrogen and oxygen atoms in total. The summed E-state index contributed by atoms with van der Waals surface area (Å²) in [7, 11) is 5.48. The molecule has 212 valence electrons. The Labute approximate surface area is 232 Å². The maximum absolute atomic E-state index is 13.4. The number of hydrogen-bond acceptors (Lipinski definition) is 7. The molecule has 8 heteroatoms. The Kier molecular flexibility index (Phi) is 11.2. The lowest BCUT2D eigenvalue weighted by Crippen LogP contribution is -2.32. The van der Waals surface area contributed by atoms with Crippen LogP contribution < -0.4 is 14.2 Å². The number of ketones is 1. The van der Waals surface area contributed by atoms with Crippen LogP contribution in [0.3, 0.4) is 0 Å². The predicted molar refractivity (Wildman–Crippen MR) is 152 cm³/mol. The van der Waals surface area contributed by atoms with Crippen molar-refractivity contribution in [1.29, 1.82) is 0 Å². The van der Waals surface area contributed by atoms with Crippen molar-refractivity contribution in [1.82, 2.24) is 9.80 Å². The number of methoxy groups -OCH3 is 1. The first-order valence-electron chi connectivity index (χ1n) is 13.8. The lowest BCUT2D eigenvalue weighted by Gasteiger charge is -2.26. The van der Waals surface area contributed by atoms with E-state index in [2.05, 4.69) is 13.8 Å². The van der Waals surface area contributed by atoms with Crippen LogP contribution in [0.15, 0.2) is 48.0 Å². The summed E-state index contributed by atoms with van der Waals surface area (Å²) >= 11 is 0. The Balaban J connectivity index is 2.06. The van der Waals surface area contributed by atoms with Crippen molar-refractivity contribution in [3.8, 4) is 17.2 Å². The minimum absolute atomic E-state index is 0.0530. The van der Waals surface area contributed by atoms with Crippen LogP contribution in [0.2, 0.25) is 0 Å². The Morgan fingerprint density at radius 2 is 1.67 bits per heavy atom. The van der Waals surface area contributed by atoms with Crippen molar-refractivity contribution >= 4 is 17.4 Å². The molecule has 0 aromatic heterocycles. The van der Waals surface area contributed by atoms with Crippen LogP contribution in [0.1, 0.15) is 63.1 Å². The summed E-state index contributed by atoms with van der Waals surface area (Å²) in [5.74, 6) is 0.140. The lowest BCUT2D eigenvalue weighted by atomic mass is 9.95. The molecular formula is C31H42N2O6. The van der Waals surface area contributed by atoms with Crippen molar-refractivity contribution in [2.24, 2.45) is 0 Å². The van der Waals surface area contributed by atoms with Gasteiger partial charge in [0.1, 0.15) is 11.5 Å². The fourth-order valence-electron chi connectivity index (χ4n) is 4.54. The monoisotopic (exact) mass is 538 g/mol.